The molecule has 2 heteroatoms. The molecule has 0 heterocycles. The van der Waals surface area contributed by atoms with E-state index in [1.807, 2.05) is 19.1 Å². The summed E-state index contributed by atoms with van der Waals surface area (Å²) in [6.07, 6.45) is 8.07. The molecular weight excluding hydrogens is 213 g/mol. The number of rotatable bonds is 4. The molecule has 2 unspecified atom stereocenters. The van der Waals surface area contributed by atoms with E-state index in [1.54, 1.807) is 6.07 Å². The minimum absolute atomic E-state index is 0.0853. The average Bonchev–Trinajstić information content (AvgIpc) is 2.38. The summed E-state index contributed by atoms with van der Waals surface area (Å²) < 4.78 is 13.6. The molecule has 0 radical (unpaired) electrons. The molecule has 1 aliphatic rings. The van der Waals surface area contributed by atoms with E-state index < -0.39 is 0 Å². The van der Waals surface area contributed by atoms with Crippen LogP contribution in [0.5, 0.6) is 0 Å². The monoisotopic (exact) mass is 233 g/mol. The van der Waals surface area contributed by atoms with Crippen LogP contribution in [0, 0.1) is 11.7 Å². The normalized spacial score (nSPS) is 21.4. The molecule has 0 aromatic heterocycles. The van der Waals surface area contributed by atoms with Gasteiger partial charge in [-0.05, 0) is 44.7 Å². The zero-order chi connectivity index (χ0) is 12.1. The number of hydrogen-bond donors (Lipinski definition) is 1. The summed E-state index contributed by atoms with van der Waals surface area (Å²) in [5, 5.41) is 3.44. The second kappa shape index (κ2) is 5.97. The van der Waals surface area contributed by atoms with Crippen molar-refractivity contribution >= 4 is 0 Å². The van der Waals surface area contributed by atoms with Gasteiger partial charge < -0.3 is 5.32 Å². The molecule has 92 valence electrons. The van der Waals surface area contributed by atoms with Crippen molar-refractivity contribution in [1.82, 2.24) is 5.32 Å². The van der Waals surface area contributed by atoms with Crippen LogP contribution in [0.25, 0.3) is 0 Å². The first-order valence-electron chi connectivity index (χ1n) is 6.40. The quantitative estimate of drug-likeness (QED) is 0.779. The highest BCUT2D eigenvalue weighted by Crippen LogP contribution is 2.20. The van der Waals surface area contributed by atoms with Crippen LogP contribution in [0.3, 0.4) is 0 Å². The van der Waals surface area contributed by atoms with Crippen molar-refractivity contribution in [3.8, 4) is 0 Å². The Morgan fingerprint density at radius 3 is 2.88 bits per heavy atom. The molecule has 2 rings (SSSR count). The molecule has 1 nitrogen and oxygen atoms in total. The zero-order valence-corrected chi connectivity index (χ0v) is 10.3. The number of hydrogen-bond acceptors (Lipinski definition) is 1. The van der Waals surface area contributed by atoms with Crippen molar-refractivity contribution in [2.24, 2.45) is 5.92 Å². The highest BCUT2D eigenvalue weighted by atomic mass is 19.1. The third-order valence-corrected chi connectivity index (χ3v) is 3.46. The Kier molecular flexibility index (Phi) is 4.32. The summed E-state index contributed by atoms with van der Waals surface area (Å²) in [6.45, 7) is 3.00. The maximum Gasteiger partial charge on any atom is 0.127 e. The molecule has 1 aliphatic carbocycles. The van der Waals surface area contributed by atoms with Crippen LogP contribution in [0.15, 0.2) is 36.4 Å². The Morgan fingerprint density at radius 1 is 1.35 bits per heavy atom. The fraction of sp³-hybridized carbons (Fsp3) is 0.467. The summed E-state index contributed by atoms with van der Waals surface area (Å²) >= 11 is 0. The highest BCUT2D eigenvalue weighted by Gasteiger charge is 2.13. The summed E-state index contributed by atoms with van der Waals surface area (Å²) in [7, 11) is 0. The van der Waals surface area contributed by atoms with Gasteiger partial charge in [0, 0.05) is 11.6 Å². The average molecular weight is 233 g/mol. The summed E-state index contributed by atoms with van der Waals surface area (Å²) in [6, 6.07) is 7.09. The lowest BCUT2D eigenvalue weighted by molar-refractivity contribution is 0.410. The number of nitrogens with one attached hydrogen (secondary N) is 1. The number of allylic oxidation sites excluding steroid dienone is 2. The third-order valence-electron chi connectivity index (χ3n) is 3.46. The summed E-state index contributed by atoms with van der Waals surface area (Å²) in [5.41, 5.74) is 0.763. The fourth-order valence-corrected chi connectivity index (χ4v) is 2.32. The van der Waals surface area contributed by atoms with Gasteiger partial charge in [-0.3, -0.25) is 0 Å². The number of halogens is 1. The topological polar surface area (TPSA) is 12.0 Å². The van der Waals surface area contributed by atoms with Crippen LogP contribution in [0.2, 0.25) is 0 Å². The summed E-state index contributed by atoms with van der Waals surface area (Å²) in [5.74, 6) is 0.588. The molecular formula is C15H20FN. The van der Waals surface area contributed by atoms with Crippen molar-refractivity contribution in [2.75, 3.05) is 6.54 Å². The lowest BCUT2D eigenvalue weighted by Crippen LogP contribution is -2.26. The van der Waals surface area contributed by atoms with Crippen LogP contribution in [0.4, 0.5) is 4.39 Å². The standard InChI is InChI=1S/C15H20FN/c1-12(14-9-5-6-10-15(14)16)17-11-13-7-3-2-4-8-13/h2-3,5-6,9-10,12-13,17H,4,7-8,11H2,1H3. The van der Waals surface area contributed by atoms with Crippen LogP contribution in [0.1, 0.15) is 37.8 Å². The van der Waals surface area contributed by atoms with E-state index in [1.165, 1.54) is 18.9 Å². The van der Waals surface area contributed by atoms with Gasteiger partial charge >= 0.3 is 0 Å². The minimum Gasteiger partial charge on any atom is -0.310 e. The predicted octanol–water partition coefficient (Wildman–Crippen LogP) is 3.83. The lowest BCUT2D eigenvalue weighted by Gasteiger charge is -2.21. The van der Waals surface area contributed by atoms with Gasteiger partial charge in [-0.15, -0.1) is 0 Å². The molecule has 17 heavy (non-hydrogen) atoms. The van der Waals surface area contributed by atoms with Crippen LogP contribution >= 0.6 is 0 Å². The van der Waals surface area contributed by atoms with Crippen molar-refractivity contribution in [3.05, 3.63) is 47.8 Å². The Bertz CT molecular complexity index is 386. The van der Waals surface area contributed by atoms with Crippen molar-refractivity contribution < 1.29 is 4.39 Å². The molecule has 0 saturated carbocycles. The van der Waals surface area contributed by atoms with Crippen LogP contribution in [-0.2, 0) is 0 Å². The smallest absolute Gasteiger partial charge is 0.127 e. The van der Waals surface area contributed by atoms with Crippen LogP contribution < -0.4 is 5.32 Å². The predicted molar refractivity (Wildman–Crippen MR) is 69.3 cm³/mol. The second-order valence-electron chi connectivity index (χ2n) is 4.80. The van der Waals surface area contributed by atoms with Crippen molar-refractivity contribution in [2.45, 2.75) is 32.2 Å². The molecule has 1 aromatic rings. The third kappa shape index (κ3) is 3.40. The maximum atomic E-state index is 13.6. The molecule has 0 spiro atoms. The van der Waals surface area contributed by atoms with E-state index >= 15 is 0 Å². The van der Waals surface area contributed by atoms with E-state index in [0.717, 1.165) is 18.5 Å². The van der Waals surface area contributed by atoms with E-state index in [9.17, 15) is 4.39 Å². The fourth-order valence-electron chi connectivity index (χ4n) is 2.32. The molecule has 0 amide bonds. The molecule has 0 aliphatic heterocycles. The Hall–Kier alpha value is -1.15. The van der Waals surface area contributed by atoms with Gasteiger partial charge in [0.05, 0.1) is 0 Å². The first-order chi connectivity index (χ1) is 8.27. The molecule has 2 atom stereocenters. The highest BCUT2D eigenvalue weighted by molar-refractivity contribution is 5.20. The Balaban J connectivity index is 1.87. The lowest BCUT2D eigenvalue weighted by atomic mass is 9.94. The van der Waals surface area contributed by atoms with E-state index in [2.05, 4.69) is 17.5 Å². The van der Waals surface area contributed by atoms with Gasteiger partial charge in [-0.1, -0.05) is 30.4 Å². The molecule has 0 bridgehead atoms. The maximum absolute atomic E-state index is 13.6. The Labute approximate surface area is 103 Å². The first-order valence-corrected chi connectivity index (χ1v) is 6.40. The second-order valence-corrected chi connectivity index (χ2v) is 4.80. The molecule has 1 aromatic carbocycles. The van der Waals surface area contributed by atoms with Gasteiger partial charge in [-0.2, -0.15) is 0 Å². The summed E-state index contributed by atoms with van der Waals surface area (Å²) in [4.78, 5) is 0. The van der Waals surface area contributed by atoms with E-state index in [0.29, 0.717) is 5.92 Å². The van der Waals surface area contributed by atoms with Crippen molar-refractivity contribution in [1.29, 1.82) is 0 Å². The SMILES string of the molecule is CC(NCC1CC=CCC1)c1ccccc1F. The largest absolute Gasteiger partial charge is 0.310 e. The Morgan fingerprint density at radius 2 is 2.18 bits per heavy atom. The van der Waals surface area contributed by atoms with Gasteiger partial charge in [0.2, 0.25) is 0 Å². The molecule has 1 N–H and O–H groups in total. The molecule has 0 saturated heterocycles. The van der Waals surface area contributed by atoms with E-state index in [4.69, 9.17) is 0 Å². The van der Waals surface area contributed by atoms with Crippen LogP contribution in [-0.4, -0.2) is 6.54 Å². The van der Waals surface area contributed by atoms with Gasteiger partial charge in [0.1, 0.15) is 5.82 Å². The first kappa shape index (κ1) is 12.3. The van der Waals surface area contributed by atoms with Gasteiger partial charge in [-0.25, -0.2) is 4.39 Å². The van der Waals surface area contributed by atoms with Gasteiger partial charge in [0.15, 0.2) is 0 Å². The van der Waals surface area contributed by atoms with E-state index in [-0.39, 0.29) is 11.9 Å². The van der Waals surface area contributed by atoms with Gasteiger partial charge in [0.25, 0.3) is 0 Å². The van der Waals surface area contributed by atoms with Crippen molar-refractivity contribution in [3.63, 3.8) is 0 Å². The molecule has 0 fully saturated rings. The zero-order valence-electron chi connectivity index (χ0n) is 10.3. The minimum atomic E-state index is -0.115. The number of benzene rings is 1.